The molecule has 0 amide bonds. The van der Waals surface area contributed by atoms with E-state index in [1.807, 2.05) is 44.2 Å². The first-order valence-electron chi connectivity index (χ1n) is 7.16. The molecule has 2 rings (SSSR count). The van der Waals surface area contributed by atoms with Gasteiger partial charge in [-0.15, -0.1) is 0 Å². The first kappa shape index (κ1) is 17.6. The molecule has 0 fully saturated rings. The lowest BCUT2D eigenvalue weighted by Gasteiger charge is -2.14. The minimum absolute atomic E-state index is 0.320. The zero-order valence-corrected chi connectivity index (χ0v) is 15.8. The van der Waals surface area contributed by atoms with E-state index in [-0.39, 0.29) is 0 Å². The standard InChI is InChI=1S/C17H19BrN2O2S/c1-13-11-14(2)19-17(13)8-10-20(23(3,21)22)9-7-15-5-4-6-16(18)12-15/h4-6,11-12,19H,8,10H2,1-3H3. The van der Waals surface area contributed by atoms with Gasteiger partial charge in [-0.05, 0) is 49.6 Å². The van der Waals surface area contributed by atoms with Crippen LogP contribution >= 0.6 is 15.9 Å². The number of hydrogen-bond acceptors (Lipinski definition) is 2. The van der Waals surface area contributed by atoms with Gasteiger partial charge >= 0.3 is 0 Å². The molecule has 0 saturated carbocycles. The molecule has 0 radical (unpaired) electrons. The SMILES string of the molecule is Cc1cc(C)c(CCN(C#Cc2cccc(Br)c2)S(C)(=O)=O)[nH]1. The zero-order valence-electron chi connectivity index (χ0n) is 13.4. The molecule has 122 valence electrons. The Kier molecular flexibility index (Phi) is 5.55. The summed E-state index contributed by atoms with van der Waals surface area (Å²) in [4.78, 5) is 3.26. The Morgan fingerprint density at radius 2 is 2.00 bits per heavy atom. The average Bonchev–Trinajstić information content (AvgIpc) is 2.75. The lowest BCUT2D eigenvalue weighted by Crippen LogP contribution is -2.27. The van der Waals surface area contributed by atoms with Crippen molar-refractivity contribution in [3.63, 3.8) is 0 Å². The van der Waals surface area contributed by atoms with Crippen LogP contribution in [0.3, 0.4) is 0 Å². The Morgan fingerprint density at radius 1 is 1.26 bits per heavy atom. The smallest absolute Gasteiger partial charge is 0.238 e. The number of aromatic amines is 1. The quantitative estimate of drug-likeness (QED) is 0.639. The van der Waals surface area contributed by atoms with Gasteiger partial charge in [-0.1, -0.05) is 22.0 Å². The summed E-state index contributed by atoms with van der Waals surface area (Å²) in [6.45, 7) is 4.31. The van der Waals surface area contributed by atoms with Gasteiger partial charge in [0.15, 0.2) is 0 Å². The summed E-state index contributed by atoms with van der Waals surface area (Å²) in [5.41, 5.74) is 4.01. The number of hydrogen-bond donors (Lipinski definition) is 1. The van der Waals surface area contributed by atoms with Crippen LogP contribution in [0.15, 0.2) is 34.8 Å². The van der Waals surface area contributed by atoms with E-state index >= 15 is 0 Å². The molecule has 0 aliphatic carbocycles. The highest BCUT2D eigenvalue weighted by Crippen LogP contribution is 2.12. The van der Waals surface area contributed by atoms with Crippen molar-refractivity contribution in [1.29, 1.82) is 0 Å². The highest BCUT2D eigenvalue weighted by Gasteiger charge is 2.13. The van der Waals surface area contributed by atoms with E-state index in [9.17, 15) is 8.42 Å². The first-order chi connectivity index (χ1) is 10.8. The lowest BCUT2D eigenvalue weighted by atomic mass is 10.2. The first-order valence-corrected chi connectivity index (χ1v) is 9.80. The van der Waals surface area contributed by atoms with Crippen LogP contribution in [0.2, 0.25) is 0 Å². The second kappa shape index (κ2) is 7.24. The largest absolute Gasteiger partial charge is 0.362 e. The van der Waals surface area contributed by atoms with Crippen molar-refractivity contribution in [3.05, 3.63) is 57.3 Å². The summed E-state index contributed by atoms with van der Waals surface area (Å²) < 4.78 is 26.0. The molecule has 0 unspecified atom stereocenters. The van der Waals surface area contributed by atoms with Gasteiger partial charge < -0.3 is 4.98 Å². The molecule has 4 nitrogen and oxygen atoms in total. The van der Waals surface area contributed by atoms with Crippen LogP contribution in [-0.2, 0) is 16.4 Å². The molecule has 6 heteroatoms. The number of halogens is 1. The number of aromatic nitrogens is 1. The molecule has 2 aromatic rings. The van der Waals surface area contributed by atoms with Crippen molar-refractivity contribution in [3.8, 4) is 12.0 Å². The summed E-state index contributed by atoms with van der Waals surface area (Å²) in [5, 5.41) is 0. The van der Waals surface area contributed by atoms with E-state index in [1.165, 1.54) is 10.6 Å². The summed E-state index contributed by atoms with van der Waals surface area (Å²) >= 11 is 3.38. The summed E-state index contributed by atoms with van der Waals surface area (Å²) in [6, 6.07) is 12.3. The third-order valence-electron chi connectivity index (χ3n) is 3.37. The minimum Gasteiger partial charge on any atom is -0.362 e. The maximum Gasteiger partial charge on any atom is 0.238 e. The van der Waals surface area contributed by atoms with Crippen molar-refractivity contribution in [2.24, 2.45) is 0 Å². The van der Waals surface area contributed by atoms with Gasteiger partial charge in [0.25, 0.3) is 0 Å². The fourth-order valence-electron chi connectivity index (χ4n) is 2.26. The maximum atomic E-state index is 11.9. The molecule has 1 aromatic heterocycles. The Labute approximate surface area is 146 Å². The number of benzene rings is 1. The molecule has 0 saturated heterocycles. The monoisotopic (exact) mass is 394 g/mol. The van der Waals surface area contributed by atoms with Crippen molar-refractivity contribution >= 4 is 26.0 Å². The maximum absolute atomic E-state index is 11.9. The summed E-state index contributed by atoms with van der Waals surface area (Å²) in [6.07, 6.45) is 1.77. The molecular weight excluding hydrogens is 376 g/mol. The van der Waals surface area contributed by atoms with Crippen molar-refractivity contribution < 1.29 is 8.42 Å². The molecule has 0 aliphatic heterocycles. The van der Waals surface area contributed by atoms with Crippen LogP contribution in [0.1, 0.15) is 22.5 Å². The van der Waals surface area contributed by atoms with Gasteiger partial charge in [-0.25, -0.2) is 12.7 Å². The molecule has 0 bridgehead atoms. The Hall–Kier alpha value is -1.71. The molecule has 23 heavy (non-hydrogen) atoms. The Bertz CT molecular complexity index is 860. The average molecular weight is 395 g/mol. The van der Waals surface area contributed by atoms with E-state index in [1.54, 1.807) is 0 Å². The number of nitrogens with zero attached hydrogens (tertiary/aromatic N) is 1. The van der Waals surface area contributed by atoms with Gasteiger partial charge in [0.1, 0.15) is 0 Å². The molecule has 0 aliphatic rings. The van der Waals surface area contributed by atoms with Gasteiger partial charge in [0.05, 0.1) is 6.26 Å². The number of sulfonamides is 1. The topological polar surface area (TPSA) is 53.2 Å². The molecule has 0 spiro atoms. The van der Waals surface area contributed by atoms with Crippen molar-refractivity contribution in [2.45, 2.75) is 20.3 Å². The van der Waals surface area contributed by atoms with Crippen molar-refractivity contribution in [1.82, 2.24) is 9.29 Å². The van der Waals surface area contributed by atoms with Crippen LogP contribution < -0.4 is 0 Å². The highest BCUT2D eigenvalue weighted by molar-refractivity contribution is 9.10. The third-order valence-corrected chi connectivity index (χ3v) is 4.94. The Balaban J connectivity index is 2.17. The summed E-state index contributed by atoms with van der Waals surface area (Å²) in [7, 11) is -3.39. The van der Waals surface area contributed by atoms with E-state index in [4.69, 9.17) is 0 Å². The van der Waals surface area contributed by atoms with Crippen LogP contribution in [0.4, 0.5) is 0 Å². The van der Waals surface area contributed by atoms with Crippen LogP contribution in [0.5, 0.6) is 0 Å². The van der Waals surface area contributed by atoms with Gasteiger partial charge in [-0.2, -0.15) is 0 Å². The van der Waals surface area contributed by atoms with Crippen molar-refractivity contribution in [2.75, 3.05) is 12.8 Å². The molecule has 1 aromatic carbocycles. The second-order valence-electron chi connectivity index (χ2n) is 5.45. The van der Waals surface area contributed by atoms with Crippen LogP contribution in [-0.4, -0.2) is 30.5 Å². The highest BCUT2D eigenvalue weighted by atomic mass is 79.9. The second-order valence-corrected chi connectivity index (χ2v) is 8.27. The minimum atomic E-state index is -3.39. The van der Waals surface area contributed by atoms with E-state index in [0.717, 1.165) is 27.0 Å². The third kappa shape index (κ3) is 5.15. The number of aryl methyl sites for hydroxylation is 2. The molecule has 1 N–H and O–H groups in total. The van der Waals surface area contributed by atoms with E-state index in [0.29, 0.717) is 13.0 Å². The number of H-pyrrole nitrogens is 1. The van der Waals surface area contributed by atoms with Crippen LogP contribution in [0, 0.1) is 25.8 Å². The lowest BCUT2D eigenvalue weighted by molar-refractivity contribution is 0.517. The van der Waals surface area contributed by atoms with E-state index < -0.39 is 10.0 Å². The van der Waals surface area contributed by atoms with Gasteiger partial charge in [0, 0.05) is 40.4 Å². The molecular formula is C17H19BrN2O2S. The zero-order chi connectivity index (χ0) is 17.0. The normalized spacial score (nSPS) is 11.0. The van der Waals surface area contributed by atoms with Gasteiger partial charge in [0.2, 0.25) is 10.0 Å². The summed E-state index contributed by atoms with van der Waals surface area (Å²) in [5.74, 6) is 2.90. The van der Waals surface area contributed by atoms with E-state index in [2.05, 4.69) is 32.9 Å². The predicted molar refractivity (Wildman–Crippen MR) is 96.5 cm³/mol. The molecule has 0 atom stereocenters. The fourth-order valence-corrected chi connectivity index (χ4v) is 3.29. The Morgan fingerprint density at radius 3 is 2.57 bits per heavy atom. The van der Waals surface area contributed by atoms with Gasteiger partial charge in [-0.3, -0.25) is 0 Å². The van der Waals surface area contributed by atoms with Crippen LogP contribution in [0.25, 0.3) is 0 Å². The molecule has 1 heterocycles. The fraction of sp³-hybridized carbons (Fsp3) is 0.294. The predicted octanol–water partition coefficient (Wildman–Crippen LogP) is 3.21. The number of nitrogens with one attached hydrogen (secondary N) is 1. The number of rotatable bonds is 4.